The van der Waals surface area contributed by atoms with E-state index in [4.69, 9.17) is 9.47 Å². The molecule has 0 saturated carbocycles. The summed E-state index contributed by atoms with van der Waals surface area (Å²) < 4.78 is 10.7. The van der Waals surface area contributed by atoms with E-state index in [1.165, 1.54) is 0 Å². The zero-order chi connectivity index (χ0) is 17.5. The maximum Gasteiger partial charge on any atom is 0.251 e. The Morgan fingerprint density at radius 2 is 1.75 bits per heavy atom. The number of hydrogen-bond donors (Lipinski definition) is 1. The summed E-state index contributed by atoms with van der Waals surface area (Å²) in [6.45, 7) is 1.51. The van der Waals surface area contributed by atoms with E-state index >= 15 is 0 Å². The summed E-state index contributed by atoms with van der Waals surface area (Å²) in [4.78, 5) is 13.8. The molecule has 24 heavy (non-hydrogen) atoms. The molecule has 2 aromatic rings. The van der Waals surface area contributed by atoms with Crippen molar-refractivity contribution in [2.45, 2.75) is 13.1 Å². The van der Waals surface area contributed by atoms with Crippen LogP contribution in [0, 0.1) is 0 Å². The van der Waals surface area contributed by atoms with Gasteiger partial charge in [0.1, 0.15) is 11.5 Å². The highest BCUT2D eigenvalue weighted by Crippen LogP contribution is 2.25. The van der Waals surface area contributed by atoms with Crippen molar-refractivity contribution in [2.24, 2.45) is 0 Å². The Balaban J connectivity index is 2.05. The smallest absolute Gasteiger partial charge is 0.251 e. The maximum absolute atomic E-state index is 11.6. The predicted molar refractivity (Wildman–Crippen MR) is 94.5 cm³/mol. The number of ether oxygens (including phenoxy) is 2. The topological polar surface area (TPSA) is 50.8 Å². The highest BCUT2D eigenvalue weighted by atomic mass is 16.5. The fraction of sp³-hybridized carbons (Fsp3) is 0.316. The summed E-state index contributed by atoms with van der Waals surface area (Å²) in [5, 5.41) is 2.62. The number of carbonyl (C=O) groups excluding carboxylic acids is 1. The SMILES string of the molecule is CNC(=O)c1ccc(CN(C)Cc2cc(OC)ccc2OC)cc1. The third-order valence-electron chi connectivity index (χ3n) is 3.82. The molecule has 0 bridgehead atoms. The number of carbonyl (C=O) groups is 1. The van der Waals surface area contributed by atoms with Gasteiger partial charge in [0.25, 0.3) is 5.91 Å². The van der Waals surface area contributed by atoms with Crippen molar-refractivity contribution in [3.8, 4) is 11.5 Å². The molecule has 1 amide bonds. The van der Waals surface area contributed by atoms with Crippen molar-refractivity contribution in [3.05, 3.63) is 59.2 Å². The first-order valence-electron chi connectivity index (χ1n) is 7.78. The second kappa shape index (κ2) is 8.36. The minimum absolute atomic E-state index is 0.0731. The molecule has 5 nitrogen and oxygen atoms in total. The van der Waals surface area contributed by atoms with Gasteiger partial charge >= 0.3 is 0 Å². The Morgan fingerprint density at radius 3 is 2.33 bits per heavy atom. The first-order chi connectivity index (χ1) is 11.6. The van der Waals surface area contributed by atoms with Crippen LogP contribution in [0.3, 0.4) is 0 Å². The highest BCUT2D eigenvalue weighted by molar-refractivity contribution is 5.93. The van der Waals surface area contributed by atoms with Crippen molar-refractivity contribution in [3.63, 3.8) is 0 Å². The average molecular weight is 328 g/mol. The van der Waals surface area contributed by atoms with Gasteiger partial charge in [-0.2, -0.15) is 0 Å². The summed E-state index contributed by atoms with van der Waals surface area (Å²) >= 11 is 0. The van der Waals surface area contributed by atoms with Gasteiger partial charge in [-0.1, -0.05) is 12.1 Å². The Morgan fingerprint density at radius 1 is 1.04 bits per heavy atom. The molecule has 2 rings (SSSR count). The molecule has 5 heteroatoms. The van der Waals surface area contributed by atoms with E-state index < -0.39 is 0 Å². The Labute approximate surface area is 143 Å². The molecule has 0 atom stereocenters. The third kappa shape index (κ3) is 4.49. The lowest BCUT2D eigenvalue weighted by Crippen LogP contribution is -2.19. The molecule has 0 aliphatic rings. The zero-order valence-corrected chi connectivity index (χ0v) is 14.6. The fourth-order valence-electron chi connectivity index (χ4n) is 2.57. The predicted octanol–water partition coefficient (Wildman–Crippen LogP) is 2.70. The summed E-state index contributed by atoms with van der Waals surface area (Å²) in [7, 11) is 7.00. The van der Waals surface area contributed by atoms with Gasteiger partial charge in [-0.15, -0.1) is 0 Å². The van der Waals surface area contributed by atoms with E-state index in [2.05, 4.69) is 10.2 Å². The second-order valence-corrected chi connectivity index (χ2v) is 5.63. The number of benzene rings is 2. The lowest BCUT2D eigenvalue weighted by atomic mass is 10.1. The van der Waals surface area contributed by atoms with Crippen LogP contribution < -0.4 is 14.8 Å². The van der Waals surface area contributed by atoms with Crippen LogP contribution in [0.25, 0.3) is 0 Å². The van der Waals surface area contributed by atoms with Crippen molar-refractivity contribution in [2.75, 3.05) is 28.3 Å². The standard InChI is InChI=1S/C19H24N2O3/c1-20-19(22)15-7-5-14(6-8-15)12-21(2)13-16-11-17(23-3)9-10-18(16)24-4/h5-11H,12-13H2,1-4H3,(H,20,22). The number of methoxy groups -OCH3 is 2. The average Bonchev–Trinajstić information content (AvgIpc) is 2.61. The van der Waals surface area contributed by atoms with Crippen LogP contribution in [-0.2, 0) is 13.1 Å². The molecular formula is C19H24N2O3. The number of nitrogens with one attached hydrogen (secondary N) is 1. The lowest BCUT2D eigenvalue weighted by molar-refractivity contribution is 0.0963. The lowest BCUT2D eigenvalue weighted by Gasteiger charge is -2.19. The molecule has 0 fully saturated rings. The number of nitrogens with zero attached hydrogens (tertiary/aromatic N) is 1. The molecule has 128 valence electrons. The molecule has 0 aliphatic heterocycles. The largest absolute Gasteiger partial charge is 0.497 e. The van der Waals surface area contributed by atoms with E-state index in [9.17, 15) is 4.79 Å². The van der Waals surface area contributed by atoms with Crippen molar-refractivity contribution in [1.29, 1.82) is 0 Å². The molecular weight excluding hydrogens is 304 g/mol. The van der Waals surface area contributed by atoms with E-state index in [1.807, 2.05) is 49.5 Å². The van der Waals surface area contributed by atoms with Gasteiger partial charge in [0.05, 0.1) is 14.2 Å². The van der Waals surface area contributed by atoms with Gasteiger partial charge in [-0.3, -0.25) is 9.69 Å². The number of rotatable bonds is 7. The van der Waals surface area contributed by atoms with Gasteiger partial charge < -0.3 is 14.8 Å². The van der Waals surface area contributed by atoms with Crippen LogP contribution in [0.4, 0.5) is 0 Å². The molecule has 0 saturated heterocycles. The quantitative estimate of drug-likeness (QED) is 0.849. The van der Waals surface area contributed by atoms with Crippen LogP contribution in [0.2, 0.25) is 0 Å². The molecule has 0 unspecified atom stereocenters. The summed E-state index contributed by atoms with van der Waals surface area (Å²) in [6.07, 6.45) is 0. The van der Waals surface area contributed by atoms with Gasteiger partial charge in [0.15, 0.2) is 0 Å². The van der Waals surface area contributed by atoms with Crippen molar-refractivity contribution < 1.29 is 14.3 Å². The monoisotopic (exact) mass is 328 g/mol. The molecule has 2 aromatic carbocycles. The maximum atomic E-state index is 11.6. The van der Waals surface area contributed by atoms with E-state index in [1.54, 1.807) is 21.3 Å². The fourth-order valence-corrected chi connectivity index (χ4v) is 2.57. The molecule has 0 heterocycles. The van der Waals surface area contributed by atoms with Crippen molar-refractivity contribution >= 4 is 5.91 Å². The van der Waals surface area contributed by atoms with Crippen LogP contribution in [0.1, 0.15) is 21.5 Å². The van der Waals surface area contributed by atoms with E-state index in [-0.39, 0.29) is 5.91 Å². The van der Waals surface area contributed by atoms with E-state index in [0.717, 1.165) is 35.7 Å². The van der Waals surface area contributed by atoms with Crippen LogP contribution >= 0.6 is 0 Å². The van der Waals surface area contributed by atoms with Gasteiger partial charge in [0.2, 0.25) is 0 Å². The van der Waals surface area contributed by atoms with Crippen LogP contribution in [-0.4, -0.2) is 39.1 Å². The van der Waals surface area contributed by atoms with Crippen LogP contribution in [0.5, 0.6) is 11.5 Å². The van der Waals surface area contributed by atoms with Crippen molar-refractivity contribution in [1.82, 2.24) is 10.2 Å². The molecule has 0 aromatic heterocycles. The summed E-state index contributed by atoms with van der Waals surface area (Å²) in [6, 6.07) is 13.4. The number of hydrogen-bond acceptors (Lipinski definition) is 4. The Bertz CT molecular complexity index is 684. The highest BCUT2D eigenvalue weighted by Gasteiger charge is 2.09. The normalized spacial score (nSPS) is 10.5. The molecule has 0 spiro atoms. The Hall–Kier alpha value is -2.53. The third-order valence-corrected chi connectivity index (χ3v) is 3.82. The van der Waals surface area contributed by atoms with Gasteiger partial charge in [0, 0.05) is 31.3 Å². The first-order valence-corrected chi connectivity index (χ1v) is 7.78. The zero-order valence-electron chi connectivity index (χ0n) is 14.6. The second-order valence-electron chi connectivity index (χ2n) is 5.63. The minimum Gasteiger partial charge on any atom is -0.497 e. The summed E-state index contributed by atoms with van der Waals surface area (Å²) in [5.41, 5.74) is 2.88. The van der Waals surface area contributed by atoms with E-state index in [0.29, 0.717) is 5.56 Å². The molecule has 0 radical (unpaired) electrons. The number of amides is 1. The minimum atomic E-state index is -0.0731. The first kappa shape index (κ1) is 17.8. The van der Waals surface area contributed by atoms with Gasteiger partial charge in [-0.05, 0) is 42.9 Å². The Kier molecular flexibility index (Phi) is 6.21. The summed E-state index contributed by atoms with van der Waals surface area (Å²) in [5.74, 6) is 1.59. The van der Waals surface area contributed by atoms with Crippen LogP contribution in [0.15, 0.2) is 42.5 Å². The van der Waals surface area contributed by atoms with Gasteiger partial charge in [-0.25, -0.2) is 0 Å². The molecule has 1 N–H and O–H groups in total. The molecule has 0 aliphatic carbocycles.